The first-order valence-corrected chi connectivity index (χ1v) is 17.3. The summed E-state index contributed by atoms with van der Waals surface area (Å²) in [5.74, 6) is 0. The number of nitrogens with one attached hydrogen (secondary N) is 1. The average molecular weight is 583 g/mol. The van der Waals surface area contributed by atoms with E-state index in [2.05, 4.69) is 10.2 Å². The second-order valence-corrected chi connectivity index (χ2v) is 14.7. The van der Waals surface area contributed by atoms with Crippen LogP contribution in [0.1, 0.15) is 17.2 Å². The molecule has 202 valence electrons. The van der Waals surface area contributed by atoms with E-state index in [1.165, 1.54) is 6.26 Å². The highest BCUT2D eigenvalue weighted by atomic mass is 32.2. The molecule has 36 heavy (non-hydrogen) atoms. The van der Waals surface area contributed by atoms with Crippen LogP contribution < -0.4 is 5.32 Å². The summed E-state index contributed by atoms with van der Waals surface area (Å²) in [5.41, 5.74) is 1.95. The van der Waals surface area contributed by atoms with Crippen LogP contribution in [0.15, 0.2) is 57.2 Å². The molecule has 11 nitrogen and oxygen atoms in total. The summed E-state index contributed by atoms with van der Waals surface area (Å²) in [6.07, 6.45) is 3.39. The largest absolute Gasteiger partial charge is 0.314 e. The molecular weight excluding hydrogens is 553 g/mol. The minimum atomic E-state index is -3.67. The van der Waals surface area contributed by atoms with Crippen molar-refractivity contribution in [2.75, 3.05) is 44.9 Å². The van der Waals surface area contributed by atoms with Gasteiger partial charge in [-0.2, -0.15) is 16.8 Å². The molecule has 1 fully saturated rings. The molecule has 2 heterocycles. The van der Waals surface area contributed by atoms with E-state index >= 15 is 0 Å². The van der Waals surface area contributed by atoms with Gasteiger partial charge in [0.25, 0.3) is 20.2 Å². The Morgan fingerprint density at radius 2 is 1.39 bits per heavy atom. The first-order valence-electron chi connectivity index (χ1n) is 10.6. The van der Waals surface area contributed by atoms with Crippen molar-refractivity contribution in [1.29, 1.82) is 0 Å². The molecule has 3 N–H and O–H groups in total. The fourth-order valence-corrected chi connectivity index (χ4v) is 5.88. The van der Waals surface area contributed by atoms with Crippen LogP contribution in [0.5, 0.6) is 0 Å². The van der Waals surface area contributed by atoms with Gasteiger partial charge in [0.05, 0.1) is 28.2 Å². The smallest absolute Gasteiger partial charge is 0.261 e. The molecule has 0 radical (unpaired) electrons. The number of benzene rings is 2. The molecule has 0 amide bonds. The summed E-state index contributed by atoms with van der Waals surface area (Å²) in [6, 6.07) is 12.9. The van der Waals surface area contributed by atoms with E-state index < -0.39 is 40.9 Å². The van der Waals surface area contributed by atoms with E-state index in [9.17, 15) is 29.5 Å². The lowest BCUT2D eigenvalue weighted by molar-refractivity contribution is 0.170. The summed E-state index contributed by atoms with van der Waals surface area (Å²) in [5, 5.41) is 3.36. The van der Waals surface area contributed by atoms with Crippen LogP contribution in [0, 0.1) is 0 Å². The maximum absolute atomic E-state index is 13.2. The highest BCUT2D eigenvalue weighted by molar-refractivity contribution is 7.90. The Bertz CT molecular complexity index is 1370. The van der Waals surface area contributed by atoms with Gasteiger partial charge in [-0.25, -0.2) is 12.6 Å². The Morgan fingerprint density at radius 3 is 1.92 bits per heavy atom. The molecule has 2 aromatic rings. The number of rotatable bonds is 2. The summed E-state index contributed by atoms with van der Waals surface area (Å²) in [7, 11) is -12.0. The van der Waals surface area contributed by atoms with Crippen molar-refractivity contribution in [3.05, 3.63) is 53.6 Å². The minimum absolute atomic E-state index is 0.0291. The van der Waals surface area contributed by atoms with E-state index in [0.29, 0.717) is 17.4 Å². The maximum Gasteiger partial charge on any atom is 0.261 e. The van der Waals surface area contributed by atoms with Gasteiger partial charge in [-0.1, -0.05) is 18.2 Å². The summed E-state index contributed by atoms with van der Waals surface area (Å²) >= 11 is 0. The zero-order valence-electron chi connectivity index (χ0n) is 20.0. The molecule has 0 aromatic heterocycles. The van der Waals surface area contributed by atoms with Gasteiger partial charge in [0, 0.05) is 48.3 Å². The molecule has 1 saturated heterocycles. The second kappa shape index (κ2) is 12.2. The predicted octanol–water partition coefficient (Wildman–Crippen LogP) is 0.767. The molecule has 2 aliphatic rings. The standard InChI is InChI=1S/C19H22N2O3S2.2CH4O3S/c1-26(23,24)15-6-7-19-16(13-15)17(21-10-8-20-9-11-21)12-14-4-2-3-5-18(14)25(19)22;2*1-5(2,3)4/h2-7,13,17,20H,8-12H2,1H3;2*1H3,(H,2,3,4). The van der Waals surface area contributed by atoms with E-state index in [1.54, 1.807) is 18.2 Å². The van der Waals surface area contributed by atoms with Gasteiger partial charge < -0.3 is 5.32 Å². The van der Waals surface area contributed by atoms with Crippen molar-refractivity contribution >= 4 is 40.9 Å². The van der Waals surface area contributed by atoms with Crippen LogP contribution >= 0.6 is 0 Å². The number of sulfone groups is 1. The zero-order chi connectivity index (χ0) is 27.3. The van der Waals surface area contributed by atoms with Crippen LogP contribution in [0.3, 0.4) is 0 Å². The summed E-state index contributed by atoms with van der Waals surface area (Å²) in [4.78, 5) is 4.23. The van der Waals surface area contributed by atoms with Crippen molar-refractivity contribution in [1.82, 2.24) is 10.2 Å². The summed E-state index contributed by atoms with van der Waals surface area (Å²) < 4.78 is 89.2. The van der Waals surface area contributed by atoms with Gasteiger partial charge in [-0.3, -0.25) is 14.0 Å². The van der Waals surface area contributed by atoms with E-state index in [4.69, 9.17) is 9.11 Å². The lowest BCUT2D eigenvalue weighted by Crippen LogP contribution is -2.45. The quantitative estimate of drug-likeness (QED) is 0.426. The Morgan fingerprint density at radius 1 is 0.861 bits per heavy atom. The minimum Gasteiger partial charge on any atom is -0.314 e. The van der Waals surface area contributed by atoms with E-state index in [1.807, 2.05) is 24.3 Å². The average Bonchev–Trinajstić information content (AvgIpc) is 2.86. The van der Waals surface area contributed by atoms with Crippen LogP contribution in [0.25, 0.3) is 0 Å². The van der Waals surface area contributed by atoms with Gasteiger partial charge in [-0.15, -0.1) is 0 Å². The predicted molar refractivity (Wildman–Crippen MR) is 137 cm³/mol. The molecule has 2 aromatic carbocycles. The Labute approximate surface area is 214 Å². The third-order valence-corrected chi connectivity index (χ3v) is 7.83. The summed E-state index contributed by atoms with van der Waals surface area (Å²) in [6.45, 7) is 3.59. The number of piperazine rings is 1. The Balaban J connectivity index is 0.000000389. The van der Waals surface area contributed by atoms with Gasteiger partial charge in [0.1, 0.15) is 0 Å². The van der Waals surface area contributed by atoms with Crippen LogP contribution in [-0.2, 0) is 47.3 Å². The molecule has 2 aliphatic heterocycles. The van der Waals surface area contributed by atoms with Gasteiger partial charge in [0.15, 0.2) is 9.84 Å². The lowest BCUT2D eigenvalue weighted by atomic mass is 9.97. The third kappa shape index (κ3) is 9.97. The van der Waals surface area contributed by atoms with Gasteiger partial charge in [0.2, 0.25) is 0 Å². The molecule has 2 unspecified atom stereocenters. The van der Waals surface area contributed by atoms with E-state index in [0.717, 1.165) is 53.5 Å². The number of hydrogen-bond donors (Lipinski definition) is 3. The molecule has 15 heteroatoms. The highest BCUT2D eigenvalue weighted by Gasteiger charge is 2.31. The van der Waals surface area contributed by atoms with Crippen LogP contribution in [0.4, 0.5) is 0 Å². The number of hydrogen-bond acceptors (Lipinski definition) is 9. The molecule has 0 aliphatic carbocycles. The number of fused-ring (bicyclic) bond motifs is 2. The first kappa shape index (κ1) is 30.5. The van der Waals surface area contributed by atoms with Gasteiger partial charge in [-0.05, 0) is 41.8 Å². The normalized spacial score (nSPS) is 20.4. The van der Waals surface area contributed by atoms with Gasteiger partial charge >= 0.3 is 0 Å². The van der Waals surface area contributed by atoms with Crippen molar-refractivity contribution in [2.45, 2.75) is 27.1 Å². The fourth-order valence-electron chi connectivity index (χ4n) is 3.80. The van der Waals surface area contributed by atoms with E-state index in [-0.39, 0.29) is 6.04 Å². The topological polar surface area (TPSA) is 175 Å². The number of nitrogens with zero attached hydrogens (tertiary/aromatic N) is 1. The molecule has 0 spiro atoms. The maximum atomic E-state index is 13.2. The van der Waals surface area contributed by atoms with Crippen LogP contribution in [-0.4, -0.2) is 88.4 Å². The van der Waals surface area contributed by atoms with Crippen molar-refractivity contribution in [3.8, 4) is 0 Å². The second-order valence-electron chi connectivity index (χ2n) is 8.32. The van der Waals surface area contributed by atoms with Crippen molar-refractivity contribution in [2.24, 2.45) is 0 Å². The van der Waals surface area contributed by atoms with Crippen molar-refractivity contribution < 1.29 is 38.6 Å². The van der Waals surface area contributed by atoms with Crippen LogP contribution in [0.2, 0.25) is 0 Å². The Kier molecular flexibility index (Phi) is 10.4. The highest BCUT2D eigenvalue weighted by Crippen LogP contribution is 2.38. The monoisotopic (exact) mass is 582 g/mol. The fraction of sp³-hybridized carbons (Fsp3) is 0.429. The first-order chi connectivity index (χ1) is 16.4. The molecule has 0 bridgehead atoms. The van der Waals surface area contributed by atoms with Crippen molar-refractivity contribution in [3.63, 3.8) is 0 Å². The zero-order valence-corrected chi connectivity index (χ0v) is 23.3. The molecule has 0 saturated carbocycles. The molecular formula is C21H30N2O9S4. The molecule has 4 rings (SSSR count). The SMILES string of the molecule is CS(=O)(=O)O.CS(=O)(=O)O.CS(=O)(=O)c1ccc2c(c1)C(N1CCNCC1)Cc1ccccc1S2=O. The lowest BCUT2D eigenvalue weighted by Gasteiger charge is -2.35. The third-order valence-electron chi connectivity index (χ3n) is 5.15. The molecule has 2 atom stereocenters. The Hall–Kier alpha value is -1.72.